The highest BCUT2D eigenvalue weighted by molar-refractivity contribution is 7.92. The molecule has 1 N–H and O–H groups in total. The van der Waals surface area contributed by atoms with Crippen molar-refractivity contribution in [3.63, 3.8) is 0 Å². The van der Waals surface area contributed by atoms with Crippen molar-refractivity contribution >= 4 is 21.7 Å². The summed E-state index contributed by atoms with van der Waals surface area (Å²) < 4.78 is 30.4. The largest absolute Gasteiger partial charge is 0.465 e. The fourth-order valence-corrected chi connectivity index (χ4v) is 3.32. The van der Waals surface area contributed by atoms with Gasteiger partial charge < -0.3 is 10.1 Å². The van der Waals surface area contributed by atoms with Crippen LogP contribution in [0.15, 0.2) is 18.2 Å². The van der Waals surface area contributed by atoms with Gasteiger partial charge >= 0.3 is 5.97 Å². The zero-order chi connectivity index (χ0) is 17.5. The van der Waals surface area contributed by atoms with Crippen LogP contribution in [0.1, 0.15) is 35.2 Å². The molecule has 0 fully saturated rings. The zero-order valence-corrected chi connectivity index (χ0v) is 15.1. The Hall–Kier alpha value is -1.60. The molecule has 0 aliphatic rings. The zero-order valence-electron chi connectivity index (χ0n) is 14.3. The molecule has 0 atom stereocenters. The third-order valence-corrected chi connectivity index (χ3v) is 4.69. The lowest BCUT2D eigenvalue weighted by Gasteiger charge is -2.24. The number of nitrogens with zero attached hydrogens (tertiary/aromatic N) is 1. The second kappa shape index (κ2) is 8.88. The minimum atomic E-state index is -3.48. The van der Waals surface area contributed by atoms with Crippen LogP contribution in [0, 0.1) is 6.92 Å². The summed E-state index contributed by atoms with van der Waals surface area (Å²) in [5.41, 5.74) is 1.52. The van der Waals surface area contributed by atoms with Crippen LogP contribution in [-0.2, 0) is 14.8 Å². The van der Waals surface area contributed by atoms with Gasteiger partial charge in [0.2, 0.25) is 10.0 Å². The van der Waals surface area contributed by atoms with Crippen molar-refractivity contribution in [3.8, 4) is 0 Å². The van der Waals surface area contributed by atoms with Gasteiger partial charge in [-0.15, -0.1) is 0 Å². The van der Waals surface area contributed by atoms with Crippen molar-refractivity contribution in [2.24, 2.45) is 0 Å². The summed E-state index contributed by atoms with van der Waals surface area (Å²) in [6.07, 6.45) is 3.77. The van der Waals surface area contributed by atoms with E-state index in [2.05, 4.69) is 5.32 Å². The highest BCUT2D eigenvalue weighted by Crippen LogP contribution is 2.25. The second-order valence-corrected chi connectivity index (χ2v) is 7.42. The number of aryl methyl sites for hydroxylation is 1. The predicted octanol–water partition coefficient (Wildman–Crippen LogP) is 1.94. The van der Waals surface area contributed by atoms with Crippen LogP contribution in [0.3, 0.4) is 0 Å². The summed E-state index contributed by atoms with van der Waals surface area (Å²) in [5, 5.41) is 3.06. The van der Waals surface area contributed by atoms with Gasteiger partial charge in [-0.2, -0.15) is 0 Å². The molecule has 1 rings (SSSR count). The minimum absolute atomic E-state index is 0.271. The van der Waals surface area contributed by atoms with Crippen molar-refractivity contribution in [1.29, 1.82) is 0 Å². The minimum Gasteiger partial charge on any atom is -0.465 e. The number of nitrogens with one attached hydrogen (secondary N) is 1. The number of carbonyl (C=O) groups is 1. The first-order valence-electron chi connectivity index (χ1n) is 7.62. The predicted molar refractivity (Wildman–Crippen MR) is 92.5 cm³/mol. The van der Waals surface area contributed by atoms with Crippen LogP contribution in [0.2, 0.25) is 0 Å². The lowest BCUT2D eigenvalue weighted by molar-refractivity contribution is 0.0601. The summed E-state index contributed by atoms with van der Waals surface area (Å²) in [5.74, 6) is -0.535. The van der Waals surface area contributed by atoms with E-state index in [9.17, 15) is 13.2 Å². The van der Waals surface area contributed by atoms with Crippen molar-refractivity contribution in [1.82, 2.24) is 5.32 Å². The molecular weight excluding hydrogens is 316 g/mol. The third-order valence-electron chi connectivity index (χ3n) is 3.51. The molecule has 7 heteroatoms. The first-order chi connectivity index (χ1) is 10.8. The molecule has 0 heterocycles. The topological polar surface area (TPSA) is 75.7 Å². The standard InChI is InChI=1S/C16H26N2O4S/c1-13-8-9-15(14(12-13)16(19)22-3)18(23(4,20)21)11-7-5-6-10-17-2/h8-9,12,17H,5-7,10-11H2,1-4H3. The smallest absolute Gasteiger partial charge is 0.340 e. The Balaban J connectivity index is 3.06. The highest BCUT2D eigenvalue weighted by atomic mass is 32.2. The average Bonchev–Trinajstić information content (AvgIpc) is 2.49. The summed E-state index contributed by atoms with van der Waals surface area (Å²) >= 11 is 0. The van der Waals surface area contributed by atoms with E-state index in [0.29, 0.717) is 12.2 Å². The molecule has 23 heavy (non-hydrogen) atoms. The molecule has 0 bridgehead atoms. The number of methoxy groups -OCH3 is 1. The molecule has 130 valence electrons. The summed E-state index contributed by atoms with van der Waals surface area (Å²) in [7, 11) is -0.303. The fourth-order valence-electron chi connectivity index (χ4n) is 2.34. The lowest BCUT2D eigenvalue weighted by Crippen LogP contribution is -2.32. The number of hydrogen-bond donors (Lipinski definition) is 1. The van der Waals surface area contributed by atoms with E-state index in [0.717, 1.165) is 37.6 Å². The number of rotatable bonds is 9. The Labute approximate surface area is 138 Å². The molecule has 1 aromatic rings. The number of ether oxygens (including phenoxy) is 1. The molecule has 1 aromatic carbocycles. The van der Waals surface area contributed by atoms with Gasteiger partial charge in [0.15, 0.2) is 0 Å². The van der Waals surface area contributed by atoms with Crippen LogP contribution in [-0.4, -0.2) is 47.9 Å². The molecule has 0 aromatic heterocycles. The molecule has 0 radical (unpaired) electrons. The van der Waals surface area contributed by atoms with E-state index in [1.54, 1.807) is 18.2 Å². The summed E-state index contributed by atoms with van der Waals surface area (Å²) in [6.45, 7) is 3.09. The number of esters is 1. The van der Waals surface area contributed by atoms with E-state index in [1.807, 2.05) is 14.0 Å². The maximum absolute atomic E-state index is 12.2. The van der Waals surface area contributed by atoms with E-state index < -0.39 is 16.0 Å². The second-order valence-electron chi connectivity index (χ2n) is 5.51. The van der Waals surface area contributed by atoms with E-state index in [-0.39, 0.29) is 5.56 Å². The SMILES string of the molecule is CNCCCCCN(c1ccc(C)cc1C(=O)OC)S(C)(=O)=O. The molecule has 0 aliphatic heterocycles. The Morgan fingerprint density at radius 1 is 1.26 bits per heavy atom. The fraction of sp³-hybridized carbons (Fsp3) is 0.562. The van der Waals surface area contributed by atoms with Gasteiger partial charge in [0.1, 0.15) is 0 Å². The van der Waals surface area contributed by atoms with E-state index in [1.165, 1.54) is 11.4 Å². The van der Waals surface area contributed by atoms with Crippen molar-refractivity contribution in [2.45, 2.75) is 26.2 Å². The van der Waals surface area contributed by atoms with Gasteiger partial charge in [0.25, 0.3) is 0 Å². The number of hydrogen-bond acceptors (Lipinski definition) is 5. The number of carbonyl (C=O) groups excluding carboxylic acids is 1. The molecule has 0 spiro atoms. The first-order valence-corrected chi connectivity index (χ1v) is 9.47. The number of benzene rings is 1. The summed E-state index contributed by atoms with van der Waals surface area (Å²) in [6, 6.07) is 5.11. The molecule has 0 amide bonds. The van der Waals surface area contributed by atoms with Gasteiger partial charge in [-0.1, -0.05) is 18.1 Å². The Bertz CT molecular complexity index is 629. The van der Waals surface area contributed by atoms with Crippen LogP contribution >= 0.6 is 0 Å². The maximum atomic E-state index is 12.2. The van der Waals surface area contributed by atoms with Crippen molar-refractivity contribution in [3.05, 3.63) is 29.3 Å². The molecule has 6 nitrogen and oxygen atoms in total. The number of unbranched alkanes of at least 4 members (excludes halogenated alkanes) is 2. The Morgan fingerprint density at radius 2 is 1.96 bits per heavy atom. The van der Waals surface area contributed by atoms with Crippen LogP contribution < -0.4 is 9.62 Å². The van der Waals surface area contributed by atoms with Crippen molar-refractivity contribution < 1.29 is 17.9 Å². The molecule has 0 saturated heterocycles. The average molecular weight is 342 g/mol. The molecule has 0 unspecified atom stereocenters. The molecular formula is C16H26N2O4S. The monoisotopic (exact) mass is 342 g/mol. The van der Waals surface area contributed by atoms with E-state index in [4.69, 9.17) is 4.74 Å². The lowest BCUT2D eigenvalue weighted by atomic mass is 10.1. The maximum Gasteiger partial charge on any atom is 0.340 e. The normalized spacial score (nSPS) is 11.3. The van der Waals surface area contributed by atoms with Crippen LogP contribution in [0.25, 0.3) is 0 Å². The molecule has 0 saturated carbocycles. The van der Waals surface area contributed by atoms with Crippen LogP contribution in [0.4, 0.5) is 5.69 Å². The molecule has 0 aliphatic carbocycles. The highest BCUT2D eigenvalue weighted by Gasteiger charge is 2.23. The number of anilines is 1. The van der Waals surface area contributed by atoms with Crippen LogP contribution in [0.5, 0.6) is 0 Å². The summed E-state index contributed by atoms with van der Waals surface area (Å²) in [4.78, 5) is 12.0. The van der Waals surface area contributed by atoms with Gasteiger partial charge in [-0.05, 0) is 45.5 Å². The van der Waals surface area contributed by atoms with Crippen molar-refractivity contribution in [2.75, 3.05) is 37.8 Å². The van der Waals surface area contributed by atoms with Gasteiger partial charge in [0.05, 0.1) is 24.6 Å². The number of sulfonamides is 1. The quantitative estimate of drug-likeness (QED) is 0.548. The first kappa shape index (κ1) is 19.4. The Morgan fingerprint density at radius 3 is 2.52 bits per heavy atom. The van der Waals surface area contributed by atoms with Gasteiger partial charge in [-0.25, -0.2) is 13.2 Å². The third kappa shape index (κ3) is 5.84. The van der Waals surface area contributed by atoms with E-state index >= 15 is 0 Å². The Kier molecular flexibility index (Phi) is 7.51. The van der Waals surface area contributed by atoms with Gasteiger partial charge in [-0.3, -0.25) is 4.31 Å². The van der Waals surface area contributed by atoms with Gasteiger partial charge in [0, 0.05) is 6.54 Å².